The van der Waals surface area contributed by atoms with Gasteiger partial charge in [-0.3, -0.25) is 9.59 Å². The molecule has 1 fully saturated rings. The highest BCUT2D eigenvalue weighted by Crippen LogP contribution is 2.34. The van der Waals surface area contributed by atoms with E-state index in [1.165, 1.54) is 17.7 Å². The van der Waals surface area contributed by atoms with Crippen molar-refractivity contribution in [1.82, 2.24) is 20.3 Å². The SMILES string of the molecule is CCC(=O)Nc1nc(C)c(C(=O)N[C@@H](C)c2ccc(O[C@@H]3CCN(c4ncnc(Cl)c4OC)C3)cc2)s1. The number of nitrogens with one attached hydrogen (secondary N) is 2. The fourth-order valence-electron chi connectivity index (χ4n) is 4.00. The zero-order chi connectivity index (χ0) is 26.5. The number of hydrogen-bond acceptors (Lipinski definition) is 9. The fraction of sp³-hybridized carbons (Fsp3) is 0.400. The molecule has 0 spiro atoms. The predicted octanol–water partition coefficient (Wildman–Crippen LogP) is 4.40. The van der Waals surface area contributed by atoms with Crippen molar-refractivity contribution in [2.75, 3.05) is 30.4 Å². The van der Waals surface area contributed by atoms with Crippen LogP contribution in [0.25, 0.3) is 0 Å². The number of halogens is 1. The number of carbonyl (C=O) groups excluding carboxylic acids is 2. The number of aromatic nitrogens is 3. The Morgan fingerprint density at radius 2 is 2.03 bits per heavy atom. The zero-order valence-electron chi connectivity index (χ0n) is 21.1. The first-order chi connectivity index (χ1) is 17.8. The molecule has 2 N–H and O–H groups in total. The first-order valence-corrected chi connectivity index (χ1v) is 13.1. The van der Waals surface area contributed by atoms with E-state index < -0.39 is 0 Å². The van der Waals surface area contributed by atoms with E-state index in [9.17, 15) is 9.59 Å². The average molecular weight is 545 g/mol. The molecule has 0 radical (unpaired) electrons. The molecule has 1 saturated heterocycles. The van der Waals surface area contributed by atoms with Gasteiger partial charge in [0, 0.05) is 19.4 Å². The van der Waals surface area contributed by atoms with Crippen molar-refractivity contribution in [3.63, 3.8) is 0 Å². The second-order valence-electron chi connectivity index (χ2n) is 8.60. The average Bonchev–Trinajstić information content (AvgIpc) is 3.50. The molecule has 0 saturated carbocycles. The van der Waals surface area contributed by atoms with E-state index in [1.807, 2.05) is 31.2 Å². The van der Waals surface area contributed by atoms with Crippen LogP contribution in [0.1, 0.15) is 53.7 Å². The third-order valence-electron chi connectivity index (χ3n) is 5.99. The summed E-state index contributed by atoms with van der Waals surface area (Å²) in [5.74, 6) is 1.49. The van der Waals surface area contributed by atoms with E-state index >= 15 is 0 Å². The van der Waals surface area contributed by atoms with E-state index in [1.54, 1.807) is 21.0 Å². The van der Waals surface area contributed by atoms with Gasteiger partial charge in [0.25, 0.3) is 5.91 Å². The lowest BCUT2D eigenvalue weighted by atomic mass is 10.1. The van der Waals surface area contributed by atoms with Gasteiger partial charge in [0.05, 0.1) is 25.4 Å². The Bertz CT molecular complexity index is 1270. The molecule has 0 unspecified atom stereocenters. The number of rotatable bonds is 9. The number of benzene rings is 1. The maximum absolute atomic E-state index is 12.8. The molecule has 196 valence electrons. The third kappa shape index (κ3) is 6.28. The molecule has 1 aromatic carbocycles. The standard InChI is InChI=1S/C25H29ClN6O4S/c1-5-19(33)31-25-30-15(3)21(37-25)24(34)29-14(2)16-6-8-17(9-7-16)36-18-10-11-32(12-18)23-20(35-4)22(26)27-13-28-23/h6-9,13-14,18H,5,10-12H2,1-4H3,(H,29,34)(H,30,31,33)/t14-,18+/m0/s1. The van der Waals surface area contributed by atoms with Crippen molar-refractivity contribution < 1.29 is 19.1 Å². The first-order valence-electron chi connectivity index (χ1n) is 11.9. The summed E-state index contributed by atoms with van der Waals surface area (Å²) in [6.45, 7) is 6.84. The molecule has 1 aliphatic heterocycles. The van der Waals surface area contributed by atoms with Crippen molar-refractivity contribution in [3.05, 3.63) is 51.9 Å². The molecule has 10 nitrogen and oxygen atoms in total. The van der Waals surface area contributed by atoms with Gasteiger partial charge in [-0.05, 0) is 31.5 Å². The lowest BCUT2D eigenvalue weighted by Crippen LogP contribution is -2.26. The Morgan fingerprint density at radius 3 is 2.73 bits per heavy atom. The van der Waals surface area contributed by atoms with E-state index in [4.69, 9.17) is 21.1 Å². The molecule has 0 aliphatic carbocycles. The monoisotopic (exact) mass is 544 g/mol. The Kier molecular flexibility index (Phi) is 8.45. The number of anilines is 2. The summed E-state index contributed by atoms with van der Waals surface area (Å²) in [6, 6.07) is 7.45. The van der Waals surface area contributed by atoms with Crippen LogP contribution < -0.4 is 25.0 Å². The van der Waals surface area contributed by atoms with Gasteiger partial charge in [-0.15, -0.1) is 0 Å². The number of amides is 2. The number of carbonyl (C=O) groups is 2. The van der Waals surface area contributed by atoms with Crippen LogP contribution in [-0.2, 0) is 4.79 Å². The fourth-order valence-corrected chi connectivity index (χ4v) is 5.09. The van der Waals surface area contributed by atoms with Gasteiger partial charge in [-0.25, -0.2) is 15.0 Å². The van der Waals surface area contributed by atoms with Crippen molar-refractivity contribution in [1.29, 1.82) is 0 Å². The summed E-state index contributed by atoms with van der Waals surface area (Å²) < 4.78 is 11.6. The molecular formula is C25H29ClN6O4S. The summed E-state index contributed by atoms with van der Waals surface area (Å²) in [7, 11) is 1.55. The van der Waals surface area contributed by atoms with Crippen LogP contribution in [0, 0.1) is 6.92 Å². The van der Waals surface area contributed by atoms with Gasteiger partial charge in [-0.1, -0.05) is 42.0 Å². The van der Waals surface area contributed by atoms with Crippen molar-refractivity contribution in [3.8, 4) is 11.5 Å². The molecule has 37 heavy (non-hydrogen) atoms. The lowest BCUT2D eigenvalue weighted by Gasteiger charge is -2.20. The molecule has 1 aliphatic rings. The minimum Gasteiger partial charge on any atom is -0.490 e. The van der Waals surface area contributed by atoms with Gasteiger partial charge < -0.3 is 25.0 Å². The highest BCUT2D eigenvalue weighted by atomic mass is 35.5. The van der Waals surface area contributed by atoms with Gasteiger partial charge >= 0.3 is 0 Å². The lowest BCUT2D eigenvalue weighted by molar-refractivity contribution is -0.115. The smallest absolute Gasteiger partial charge is 0.263 e. The number of hydrogen-bond donors (Lipinski definition) is 2. The molecule has 2 amide bonds. The van der Waals surface area contributed by atoms with Crippen LogP contribution in [0.15, 0.2) is 30.6 Å². The van der Waals surface area contributed by atoms with Crippen LogP contribution in [-0.4, -0.2) is 53.1 Å². The van der Waals surface area contributed by atoms with E-state index in [0.29, 0.717) is 40.2 Å². The van der Waals surface area contributed by atoms with Gasteiger partial charge in [0.1, 0.15) is 23.1 Å². The zero-order valence-corrected chi connectivity index (χ0v) is 22.7. The Labute approximate surface area is 224 Å². The highest BCUT2D eigenvalue weighted by Gasteiger charge is 2.28. The molecule has 3 heterocycles. The Balaban J connectivity index is 1.33. The molecule has 12 heteroatoms. The summed E-state index contributed by atoms with van der Waals surface area (Å²) >= 11 is 7.30. The number of ether oxygens (including phenoxy) is 2. The van der Waals surface area contributed by atoms with Gasteiger partial charge in [0.15, 0.2) is 21.9 Å². The van der Waals surface area contributed by atoms with Crippen molar-refractivity contribution >= 4 is 45.7 Å². The predicted molar refractivity (Wildman–Crippen MR) is 143 cm³/mol. The minimum atomic E-state index is -0.230. The van der Waals surface area contributed by atoms with E-state index in [-0.39, 0.29) is 29.1 Å². The molecule has 3 aromatic rings. The molecule has 4 rings (SSSR count). The highest BCUT2D eigenvalue weighted by molar-refractivity contribution is 7.17. The van der Waals surface area contributed by atoms with E-state index in [0.717, 1.165) is 24.3 Å². The van der Waals surface area contributed by atoms with Crippen molar-refractivity contribution in [2.45, 2.75) is 45.8 Å². The molecule has 2 aromatic heterocycles. The Morgan fingerprint density at radius 1 is 1.27 bits per heavy atom. The summed E-state index contributed by atoms with van der Waals surface area (Å²) in [6.07, 6.45) is 2.58. The van der Waals surface area contributed by atoms with Crippen LogP contribution in [0.2, 0.25) is 5.15 Å². The van der Waals surface area contributed by atoms with Crippen LogP contribution in [0.4, 0.5) is 10.9 Å². The Hall–Kier alpha value is -3.44. The maximum atomic E-state index is 12.8. The van der Waals surface area contributed by atoms with Crippen LogP contribution >= 0.6 is 22.9 Å². The number of thiazole rings is 1. The normalized spacial score (nSPS) is 15.8. The quantitative estimate of drug-likeness (QED) is 0.380. The first kappa shape index (κ1) is 26.6. The topological polar surface area (TPSA) is 119 Å². The van der Waals surface area contributed by atoms with Crippen molar-refractivity contribution in [2.24, 2.45) is 0 Å². The number of aryl methyl sites for hydroxylation is 1. The second kappa shape index (κ2) is 11.7. The minimum absolute atomic E-state index is 0.0156. The van der Waals surface area contributed by atoms with E-state index in [2.05, 4.69) is 30.5 Å². The molecule has 0 bridgehead atoms. The largest absolute Gasteiger partial charge is 0.490 e. The molecular weight excluding hydrogens is 516 g/mol. The van der Waals surface area contributed by atoms with Gasteiger partial charge in [0.2, 0.25) is 5.91 Å². The molecule has 2 atom stereocenters. The third-order valence-corrected chi connectivity index (χ3v) is 7.33. The number of nitrogens with zero attached hydrogens (tertiary/aromatic N) is 4. The summed E-state index contributed by atoms with van der Waals surface area (Å²) in [5, 5.41) is 6.41. The summed E-state index contributed by atoms with van der Waals surface area (Å²) in [4.78, 5) is 39.6. The maximum Gasteiger partial charge on any atom is 0.263 e. The van der Waals surface area contributed by atoms with Crippen LogP contribution in [0.5, 0.6) is 11.5 Å². The van der Waals surface area contributed by atoms with Crippen LogP contribution in [0.3, 0.4) is 0 Å². The van der Waals surface area contributed by atoms with Gasteiger partial charge in [-0.2, -0.15) is 0 Å². The second-order valence-corrected chi connectivity index (χ2v) is 9.95. The number of methoxy groups -OCH3 is 1. The summed E-state index contributed by atoms with van der Waals surface area (Å²) in [5.41, 5.74) is 1.52.